The van der Waals surface area contributed by atoms with Crippen LogP contribution >= 0.6 is 0 Å². The predicted octanol–water partition coefficient (Wildman–Crippen LogP) is 5.57. The van der Waals surface area contributed by atoms with Gasteiger partial charge >= 0.3 is 6.09 Å². The molecule has 2 saturated heterocycles. The highest BCUT2D eigenvalue weighted by Crippen LogP contribution is 2.52. The largest absolute Gasteiger partial charge is 0.465 e. The zero-order valence-electron chi connectivity index (χ0n) is 21.2. The van der Waals surface area contributed by atoms with Gasteiger partial charge in [-0.3, -0.25) is 10.1 Å². The number of hydrogen-bond donors (Lipinski definition) is 2. The van der Waals surface area contributed by atoms with E-state index in [1.165, 1.54) is 31.3 Å². The van der Waals surface area contributed by atoms with Crippen LogP contribution in [0.25, 0.3) is 0 Å². The smallest absolute Gasteiger partial charge is 0.411 e. The van der Waals surface area contributed by atoms with Crippen molar-refractivity contribution in [2.24, 2.45) is 5.92 Å². The van der Waals surface area contributed by atoms with Crippen molar-refractivity contribution in [1.82, 2.24) is 5.32 Å². The van der Waals surface area contributed by atoms with Crippen LogP contribution < -0.4 is 5.32 Å². The summed E-state index contributed by atoms with van der Waals surface area (Å²) >= 11 is 0. The third-order valence-electron chi connectivity index (χ3n) is 4.90. The minimum Gasteiger partial charge on any atom is -0.465 e. The average molecular weight is 446 g/mol. The van der Waals surface area contributed by atoms with Gasteiger partial charge in [0.15, 0.2) is 0 Å². The molecule has 4 atom stereocenters. The molecule has 0 aromatic rings. The van der Waals surface area contributed by atoms with E-state index in [0.717, 1.165) is 13.0 Å². The van der Waals surface area contributed by atoms with Crippen molar-refractivity contribution in [3.8, 4) is 0 Å². The highest BCUT2D eigenvalue weighted by molar-refractivity contribution is 5.90. The number of carbonyl (C=O) groups is 2. The molecule has 4 unspecified atom stereocenters. The Balaban J connectivity index is 0. The Kier molecular flexibility index (Phi) is 18.6. The minimum atomic E-state index is -1.29. The molecule has 31 heavy (non-hydrogen) atoms. The van der Waals surface area contributed by atoms with Crippen molar-refractivity contribution < 1.29 is 28.9 Å². The summed E-state index contributed by atoms with van der Waals surface area (Å²) in [6.45, 7) is 14.9. The Bertz CT molecular complexity index is 512. The predicted molar refractivity (Wildman–Crippen MR) is 125 cm³/mol. The molecule has 0 aromatic carbocycles. The van der Waals surface area contributed by atoms with Crippen LogP contribution in [0, 0.1) is 5.92 Å². The Hall–Kier alpha value is -1.44. The van der Waals surface area contributed by atoms with Crippen molar-refractivity contribution in [2.75, 3.05) is 20.8 Å². The van der Waals surface area contributed by atoms with E-state index < -0.39 is 12.0 Å². The van der Waals surface area contributed by atoms with Gasteiger partial charge in [-0.25, -0.2) is 4.79 Å². The van der Waals surface area contributed by atoms with Gasteiger partial charge in [0.1, 0.15) is 0 Å². The number of allylic oxidation sites excluding steroid dienone is 1. The fourth-order valence-electron chi connectivity index (χ4n) is 3.41. The number of epoxide rings is 2. The van der Waals surface area contributed by atoms with E-state index in [1.54, 1.807) is 26.5 Å². The first-order valence-electron chi connectivity index (χ1n) is 11.6. The molecule has 2 amide bonds. The highest BCUT2D eigenvalue weighted by Gasteiger charge is 2.60. The number of imide groups is 1. The van der Waals surface area contributed by atoms with E-state index in [9.17, 15) is 9.59 Å². The van der Waals surface area contributed by atoms with Crippen LogP contribution in [0.2, 0.25) is 0 Å². The van der Waals surface area contributed by atoms with E-state index >= 15 is 0 Å². The topological polar surface area (TPSA) is 101 Å². The van der Waals surface area contributed by atoms with E-state index in [2.05, 4.69) is 24.7 Å². The molecule has 2 N–H and O–H groups in total. The van der Waals surface area contributed by atoms with Gasteiger partial charge in [0, 0.05) is 26.6 Å². The average Bonchev–Trinajstić information content (AvgIpc) is 3.68. The molecule has 1 saturated carbocycles. The number of carbonyl (C=O) groups excluding carboxylic acids is 1. The lowest BCUT2D eigenvalue weighted by Gasteiger charge is -2.27. The molecular weight excluding hydrogens is 398 g/mol. The molecule has 2 heterocycles. The van der Waals surface area contributed by atoms with Crippen LogP contribution in [0.3, 0.4) is 0 Å². The number of nitrogens with one attached hydrogen (secondary N) is 1. The van der Waals surface area contributed by atoms with Gasteiger partial charge in [0.25, 0.3) is 0 Å². The van der Waals surface area contributed by atoms with Crippen LogP contribution in [0.1, 0.15) is 87.0 Å². The summed E-state index contributed by atoms with van der Waals surface area (Å²) in [5.41, 5.74) is 1.65. The SMILES string of the molecule is CC.CC.CC(C)=CCC1OC1C1CCCCC12CO2.CCC(=O)NC(=O)O.COC. The van der Waals surface area contributed by atoms with Crippen LogP contribution in [0.15, 0.2) is 11.6 Å². The quantitative estimate of drug-likeness (QED) is 0.433. The number of methoxy groups -OCH3 is 1. The van der Waals surface area contributed by atoms with E-state index in [4.69, 9.17) is 14.6 Å². The lowest BCUT2D eigenvalue weighted by molar-refractivity contribution is -0.119. The molecule has 0 radical (unpaired) electrons. The molecule has 3 rings (SSSR count). The van der Waals surface area contributed by atoms with Gasteiger partial charge in [-0.2, -0.15) is 0 Å². The summed E-state index contributed by atoms with van der Waals surface area (Å²) in [7, 11) is 3.25. The lowest BCUT2D eigenvalue weighted by atomic mass is 9.76. The summed E-state index contributed by atoms with van der Waals surface area (Å²) in [4.78, 5) is 19.8. The van der Waals surface area contributed by atoms with Crippen molar-refractivity contribution in [3.63, 3.8) is 0 Å². The van der Waals surface area contributed by atoms with E-state index in [-0.39, 0.29) is 12.0 Å². The lowest BCUT2D eigenvalue weighted by Crippen LogP contribution is -2.33. The minimum absolute atomic E-state index is 0.201. The first-order valence-corrected chi connectivity index (χ1v) is 11.6. The highest BCUT2D eigenvalue weighted by atomic mass is 16.6. The van der Waals surface area contributed by atoms with E-state index in [0.29, 0.717) is 18.1 Å². The van der Waals surface area contributed by atoms with Crippen molar-refractivity contribution in [1.29, 1.82) is 0 Å². The maximum Gasteiger partial charge on any atom is 0.411 e. The Morgan fingerprint density at radius 1 is 1.16 bits per heavy atom. The normalized spacial score (nSPS) is 26.5. The molecule has 0 aromatic heterocycles. The van der Waals surface area contributed by atoms with Crippen molar-refractivity contribution in [3.05, 3.63) is 11.6 Å². The first-order chi connectivity index (χ1) is 14.8. The number of hydrogen-bond acceptors (Lipinski definition) is 5. The number of ether oxygens (including phenoxy) is 3. The molecule has 184 valence electrons. The van der Waals surface area contributed by atoms with Gasteiger partial charge in [-0.1, -0.05) is 59.1 Å². The number of amides is 2. The van der Waals surface area contributed by atoms with Gasteiger partial charge in [0.05, 0.1) is 24.4 Å². The third-order valence-corrected chi connectivity index (χ3v) is 4.90. The molecule has 7 heteroatoms. The van der Waals surface area contributed by atoms with Gasteiger partial charge in [0.2, 0.25) is 5.91 Å². The van der Waals surface area contributed by atoms with Crippen molar-refractivity contribution in [2.45, 2.75) is 105 Å². The number of carboxylic acid groups (broad SMARTS) is 1. The molecule has 2 aliphatic heterocycles. The fraction of sp³-hybridized carbons (Fsp3) is 0.833. The monoisotopic (exact) mass is 445 g/mol. The summed E-state index contributed by atoms with van der Waals surface area (Å²) in [6.07, 6.45) is 8.59. The van der Waals surface area contributed by atoms with E-state index in [1.807, 2.05) is 27.7 Å². The molecule has 3 fully saturated rings. The third kappa shape index (κ3) is 13.6. The van der Waals surface area contributed by atoms with Crippen LogP contribution in [-0.2, 0) is 19.0 Å². The van der Waals surface area contributed by atoms with Crippen LogP contribution in [0.5, 0.6) is 0 Å². The molecule has 3 aliphatic rings. The van der Waals surface area contributed by atoms with Crippen LogP contribution in [-0.4, -0.2) is 55.7 Å². The summed E-state index contributed by atoms with van der Waals surface area (Å²) in [5.74, 6) is 0.217. The first kappa shape index (κ1) is 31.7. The standard InChI is InChI=1S/C14H22O2.C4H7NO3.C2H6O.2C2H6/c1-10(2)6-7-12-13(16-12)11-5-3-4-8-14(11)9-15-14;1-2-3(6)5-4(7)8;1-3-2;2*1-2/h6,11-13H,3-5,7-9H2,1-2H3;2H2,1H3,(H,5,6)(H,7,8);1-2H3;2*1-2H3. The zero-order chi connectivity index (χ0) is 24.4. The maximum atomic E-state index is 10.1. The maximum absolute atomic E-state index is 10.1. The Labute approximate surface area is 189 Å². The van der Waals surface area contributed by atoms with Crippen molar-refractivity contribution >= 4 is 12.0 Å². The second-order valence-electron chi connectivity index (χ2n) is 7.48. The summed E-state index contributed by atoms with van der Waals surface area (Å²) in [5, 5.41) is 9.55. The molecule has 7 nitrogen and oxygen atoms in total. The molecule has 1 aliphatic carbocycles. The second-order valence-corrected chi connectivity index (χ2v) is 7.48. The second kappa shape index (κ2) is 18.2. The van der Waals surface area contributed by atoms with Gasteiger partial charge in [-0.15, -0.1) is 0 Å². The molecule has 0 bridgehead atoms. The fourth-order valence-corrected chi connectivity index (χ4v) is 3.41. The Morgan fingerprint density at radius 2 is 1.71 bits per heavy atom. The molecular formula is C24H47NO6. The summed E-state index contributed by atoms with van der Waals surface area (Å²) < 4.78 is 15.8. The zero-order valence-corrected chi connectivity index (χ0v) is 21.2. The number of rotatable bonds is 4. The van der Waals surface area contributed by atoms with Gasteiger partial charge in [-0.05, 0) is 33.1 Å². The molecule has 1 spiro atoms. The van der Waals surface area contributed by atoms with Gasteiger partial charge < -0.3 is 19.3 Å². The van der Waals surface area contributed by atoms with Crippen LogP contribution in [0.4, 0.5) is 4.79 Å². The summed E-state index contributed by atoms with van der Waals surface area (Å²) in [6, 6.07) is 0. The Morgan fingerprint density at radius 3 is 2.10 bits per heavy atom.